The Morgan fingerprint density at radius 3 is 2.13 bits per heavy atom. The Kier molecular flexibility index (Phi) is 5.09. The molecule has 2 aromatic carbocycles. The molecule has 0 bridgehead atoms. The fourth-order valence-electron chi connectivity index (χ4n) is 3.15. The highest BCUT2D eigenvalue weighted by atomic mass is 32.1. The minimum Gasteiger partial charge on any atom is -0.452 e. The van der Waals surface area contributed by atoms with Gasteiger partial charge in [0.05, 0.1) is 27.8 Å². The summed E-state index contributed by atoms with van der Waals surface area (Å²) in [5, 5.41) is 0. The first-order valence-electron chi connectivity index (χ1n) is 9.11. The Morgan fingerprint density at radius 2 is 1.55 bits per heavy atom. The van der Waals surface area contributed by atoms with Crippen molar-refractivity contribution in [3.05, 3.63) is 71.6 Å². The molecule has 0 amide bonds. The first kappa shape index (κ1) is 21.0. The van der Waals surface area contributed by atoms with Gasteiger partial charge in [-0.25, -0.2) is 9.18 Å². The van der Waals surface area contributed by atoms with Crippen LogP contribution in [0.2, 0.25) is 0 Å². The van der Waals surface area contributed by atoms with Crippen molar-refractivity contribution in [1.29, 1.82) is 0 Å². The molecule has 0 radical (unpaired) electrons. The van der Waals surface area contributed by atoms with E-state index in [0.717, 1.165) is 29.7 Å². The Balaban J connectivity index is 1.89. The number of benzene rings is 2. The predicted octanol–water partition coefficient (Wildman–Crippen LogP) is 6.29. The number of nitrogens with zero attached hydrogens (tertiary/aromatic N) is 1. The van der Waals surface area contributed by atoms with Gasteiger partial charge in [-0.3, -0.25) is 0 Å². The first-order chi connectivity index (χ1) is 14.5. The van der Waals surface area contributed by atoms with Crippen LogP contribution in [0.3, 0.4) is 0 Å². The normalized spacial score (nSPS) is 15.8. The number of carbonyl (C=O) groups is 1. The molecule has 2 heterocycles. The van der Waals surface area contributed by atoms with E-state index in [2.05, 4.69) is 4.37 Å². The lowest BCUT2D eigenvalue weighted by atomic mass is 10.00. The molecule has 0 spiro atoms. The zero-order chi connectivity index (χ0) is 22.4. The van der Waals surface area contributed by atoms with E-state index in [0.29, 0.717) is 27.3 Å². The van der Waals surface area contributed by atoms with Crippen molar-refractivity contribution >= 4 is 23.3 Å². The summed E-state index contributed by atoms with van der Waals surface area (Å²) < 4.78 is 67.7. The monoisotopic (exact) mass is 449 g/mol. The number of hydrogen-bond donors (Lipinski definition) is 0. The summed E-state index contributed by atoms with van der Waals surface area (Å²) in [5.74, 6) is -2.13. The van der Waals surface area contributed by atoms with E-state index in [1.165, 1.54) is 36.4 Å². The third-order valence-corrected chi connectivity index (χ3v) is 5.38. The lowest BCUT2D eigenvalue weighted by molar-refractivity contribution is -0.193. The quantitative estimate of drug-likeness (QED) is 0.349. The number of ether oxygens (including phenoxy) is 2. The number of hydrogen-bond acceptors (Lipinski definition) is 5. The van der Waals surface area contributed by atoms with E-state index in [1.807, 2.05) is 0 Å². The molecule has 0 N–H and O–H groups in total. The molecule has 4 nitrogen and oxygen atoms in total. The van der Waals surface area contributed by atoms with E-state index in [-0.39, 0.29) is 5.76 Å². The molecule has 160 valence electrons. The van der Waals surface area contributed by atoms with Gasteiger partial charge >= 0.3 is 12.1 Å². The Bertz CT molecular complexity index is 1160. The standard InChI is InChI=1S/C22H15F4NO3S/c1-21(2)29-16(11-17(28)30-21)18-19(12-5-9-15(23)10-6-12)27-31-20(18)13-3-7-14(8-4-13)22(24,25)26/h3-11H,1-2H3. The van der Waals surface area contributed by atoms with Crippen LogP contribution in [-0.4, -0.2) is 16.1 Å². The number of alkyl halides is 3. The molecule has 9 heteroatoms. The second-order valence-electron chi connectivity index (χ2n) is 7.25. The van der Waals surface area contributed by atoms with Gasteiger partial charge in [0.15, 0.2) is 0 Å². The average Bonchev–Trinajstić information content (AvgIpc) is 3.11. The van der Waals surface area contributed by atoms with E-state index >= 15 is 0 Å². The Hall–Kier alpha value is -3.20. The summed E-state index contributed by atoms with van der Waals surface area (Å²) in [6.45, 7) is 3.13. The van der Waals surface area contributed by atoms with Gasteiger partial charge < -0.3 is 9.47 Å². The molecule has 3 aromatic rings. The van der Waals surface area contributed by atoms with Crippen molar-refractivity contribution in [3.8, 4) is 21.7 Å². The van der Waals surface area contributed by atoms with Crippen LogP contribution in [0.5, 0.6) is 0 Å². The van der Waals surface area contributed by atoms with Crippen molar-refractivity contribution in [2.75, 3.05) is 0 Å². The molecule has 0 saturated heterocycles. The number of rotatable bonds is 3. The largest absolute Gasteiger partial charge is 0.452 e. The highest BCUT2D eigenvalue weighted by Crippen LogP contribution is 2.43. The molecule has 0 fully saturated rings. The zero-order valence-electron chi connectivity index (χ0n) is 16.3. The molecule has 0 saturated carbocycles. The van der Waals surface area contributed by atoms with E-state index in [1.54, 1.807) is 13.8 Å². The van der Waals surface area contributed by atoms with Gasteiger partial charge in [-0.05, 0) is 53.5 Å². The fourth-order valence-corrected chi connectivity index (χ4v) is 4.06. The average molecular weight is 449 g/mol. The van der Waals surface area contributed by atoms with Crippen molar-refractivity contribution in [1.82, 2.24) is 4.37 Å². The van der Waals surface area contributed by atoms with Gasteiger partial charge in [0, 0.05) is 19.4 Å². The summed E-state index contributed by atoms with van der Waals surface area (Å²) in [6.07, 6.45) is -3.30. The molecule has 0 unspecified atom stereocenters. The van der Waals surface area contributed by atoms with E-state index in [9.17, 15) is 22.4 Å². The maximum Gasteiger partial charge on any atom is 0.416 e. The number of aromatic nitrogens is 1. The third-order valence-electron chi connectivity index (χ3n) is 4.48. The molecule has 4 rings (SSSR count). The molecule has 31 heavy (non-hydrogen) atoms. The minimum absolute atomic E-state index is 0.171. The van der Waals surface area contributed by atoms with Crippen molar-refractivity contribution < 1.29 is 31.8 Å². The van der Waals surface area contributed by atoms with Crippen LogP contribution in [0, 0.1) is 5.82 Å². The highest BCUT2D eigenvalue weighted by molar-refractivity contribution is 7.10. The first-order valence-corrected chi connectivity index (χ1v) is 9.88. The number of halogens is 4. The SMILES string of the molecule is CC1(C)OC(=O)C=C(c2c(-c3ccc(F)cc3)nsc2-c2ccc(C(F)(F)F)cc2)O1. The van der Waals surface area contributed by atoms with Crippen LogP contribution in [0.4, 0.5) is 17.6 Å². The molecule has 0 atom stereocenters. The second kappa shape index (κ2) is 7.49. The predicted molar refractivity (Wildman–Crippen MR) is 107 cm³/mol. The second-order valence-corrected chi connectivity index (χ2v) is 8.02. The van der Waals surface area contributed by atoms with Gasteiger partial charge in [-0.1, -0.05) is 12.1 Å². The van der Waals surface area contributed by atoms with E-state index < -0.39 is 29.3 Å². The van der Waals surface area contributed by atoms with Gasteiger partial charge in [0.25, 0.3) is 0 Å². The maximum atomic E-state index is 13.4. The minimum atomic E-state index is -4.46. The van der Waals surface area contributed by atoms with Crippen molar-refractivity contribution in [2.45, 2.75) is 25.8 Å². The van der Waals surface area contributed by atoms with Crippen LogP contribution < -0.4 is 0 Å². The van der Waals surface area contributed by atoms with Gasteiger partial charge in [0.2, 0.25) is 5.79 Å². The van der Waals surface area contributed by atoms with Crippen molar-refractivity contribution in [3.63, 3.8) is 0 Å². The van der Waals surface area contributed by atoms with Crippen LogP contribution in [0.15, 0.2) is 54.6 Å². The van der Waals surface area contributed by atoms with Gasteiger partial charge in [-0.15, -0.1) is 0 Å². The summed E-state index contributed by atoms with van der Waals surface area (Å²) in [6, 6.07) is 10.2. The molecule has 0 aliphatic carbocycles. The molecular formula is C22H15F4NO3S. The van der Waals surface area contributed by atoms with Crippen LogP contribution in [-0.2, 0) is 20.4 Å². The number of carbonyl (C=O) groups excluding carboxylic acids is 1. The molecule has 1 aliphatic heterocycles. The molecule has 1 aliphatic rings. The summed E-state index contributed by atoms with van der Waals surface area (Å²) in [7, 11) is 0. The topological polar surface area (TPSA) is 48.4 Å². The maximum absolute atomic E-state index is 13.4. The van der Waals surface area contributed by atoms with Gasteiger partial charge in [0.1, 0.15) is 11.6 Å². The Morgan fingerprint density at radius 1 is 0.935 bits per heavy atom. The van der Waals surface area contributed by atoms with Crippen LogP contribution >= 0.6 is 11.5 Å². The van der Waals surface area contributed by atoms with Crippen LogP contribution in [0.25, 0.3) is 27.5 Å². The molecule has 1 aromatic heterocycles. The smallest absolute Gasteiger partial charge is 0.416 e. The number of esters is 1. The van der Waals surface area contributed by atoms with Crippen molar-refractivity contribution in [2.24, 2.45) is 0 Å². The summed E-state index contributed by atoms with van der Waals surface area (Å²) >= 11 is 1.04. The third kappa shape index (κ3) is 4.32. The molecular weight excluding hydrogens is 434 g/mol. The summed E-state index contributed by atoms with van der Waals surface area (Å²) in [4.78, 5) is 12.6. The lowest BCUT2D eigenvalue weighted by Crippen LogP contribution is -2.33. The number of cyclic esters (lactones) is 1. The highest BCUT2D eigenvalue weighted by Gasteiger charge is 2.34. The lowest BCUT2D eigenvalue weighted by Gasteiger charge is -2.31. The van der Waals surface area contributed by atoms with Gasteiger partial charge in [-0.2, -0.15) is 17.5 Å². The zero-order valence-corrected chi connectivity index (χ0v) is 17.1. The van der Waals surface area contributed by atoms with E-state index in [4.69, 9.17) is 9.47 Å². The Labute approximate surface area is 178 Å². The summed E-state index contributed by atoms with van der Waals surface area (Å²) in [5.41, 5.74) is 1.08. The van der Waals surface area contributed by atoms with Crippen LogP contribution in [0.1, 0.15) is 25.0 Å². The fraction of sp³-hybridized carbons (Fsp3) is 0.182.